The van der Waals surface area contributed by atoms with Gasteiger partial charge in [0.15, 0.2) is 6.10 Å². The SMILES string of the molecule is CCCCCCCC/C=C\CCCCCCCC(=O)O[C@H](COC(=O)CCCCCCCCCCCCCCCCC)COP(=O)(O)OCc1ccccc1. The highest BCUT2D eigenvalue weighted by Gasteiger charge is 2.26. The lowest BCUT2D eigenvalue weighted by Gasteiger charge is -2.20. The van der Waals surface area contributed by atoms with Gasteiger partial charge < -0.3 is 14.4 Å². The Labute approximate surface area is 336 Å². The zero-order chi connectivity index (χ0) is 39.9. The Morgan fingerprint density at radius 1 is 0.564 bits per heavy atom. The average Bonchev–Trinajstić information content (AvgIpc) is 3.18. The molecule has 0 fully saturated rings. The molecule has 0 saturated heterocycles. The molecule has 0 amide bonds. The number of benzene rings is 1. The van der Waals surface area contributed by atoms with Crippen molar-refractivity contribution in [3.63, 3.8) is 0 Å². The molecular weight excluding hydrogens is 711 g/mol. The van der Waals surface area contributed by atoms with E-state index in [0.29, 0.717) is 6.42 Å². The number of carbonyl (C=O) groups excluding carboxylic acids is 2. The summed E-state index contributed by atoms with van der Waals surface area (Å²) >= 11 is 0. The Kier molecular flexibility index (Phi) is 34.9. The molecule has 0 radical (unpaired) electrons. The van der Waals surface area contributed by atoms with Gasteiger partial charge >= 0.3 is 19.8 Å². The van der Waals surface area contributed by atoms with Crippen LogP contribution in [0.4, 0.5) is 0 Å². The van der Waals surface area contributed by atoms with Gasteiger partial charge in [-0.15, -0.1) is 0 Å². The van der Waals surface area contributed by atoms with Crippen molar-refractivity contribution >= 4 is 19.8 Å². The monoisotopic (exact) mass is 793 g/mol. The lowest BCUT2D eigenvalue weighted by molar-refractivity contribution is -0.161. The van der Waals surface area contributed by atoms with Crippen LogP contribution < -0.4 is 0 Å². The summed E-state index contributed by atoms with van der Waals surface area (Å²) in [6.45, 7) is 3.74. The fraction of sp³-hybridized carbons (Fsp3) is 0.783. The van der Waals surface area contributed by atoms with Gasteiger partial charge in [0.05, 0.1) is 13.2 Å². The summed E-state index contributed by atoms with van der Waals surface area (Å²) in [5.41, 5.74) is 0.719. The molecule has 0 aliphatic carbocycles. The summed E-state index contributed by atoms with van der Waals surface area (Å²) in [6.07, 6.45) is 38.1. The number of ether oxygens (including phenoxy) is 2. The Hall–Kier alpha value is -1.99. The minimum Gasteiger partial charge on any atom is -0.462 e. The Morgan fingerprint density at radius 3 is 1.45 bits per heavy atom. The lowest BCUT2D eigenvalue weighted by Crippen LogP contribution is -2.29. The first-order chi connectivity index (χ1) is 26.9. The first-order valence-electron chi connectivity index (χ1n) is 22.5. The zero-order valence-electron chi connectivity index (χ0n) is 35.2. The van der Waals surface area contributed by atoms with Crippen molar-refractivity contribution in [3.8, 4) is 0 Å². The van der Waals surface area contributed by atoms with Crippen molar-refractivity contribution in [3.05, 3.63) is 48.0 Å². The molecule has 0 aliphatic rings. The summed E-state index contributed by atoms with van der Waals surface area (Å²) < 4.78 is 33.9. The molecule has 9 heteroatoms. The zero-order valence-corrected chi connectivity index (χ0v) is 36.1. The molecule has 0 saturated carbocycles. The van der Waals surface area contributed by atoms with Crippen LogP contribution in [0.3, 0.4) is 0 Å². The van der Waals surface area contributed by atoms with Crippen molar-refractivity contribution in [1.29, 1.82) is 0 Å². The van der Waals surface area contributed by atoms with Crippen LogP contribution in [0, 0.1) is 0 Å². The number of carbonyl (C=O) groups is 2. The van der Waals surface area contributed by atoms with Crippen molar-refractivity contribution in [2.45, 2.75) is 219 Å². The number of unbranched alkanes of at least 4 members (excludes halogenated alkanes) is 25. The third kappa shape index (κ3) is 34.9. The van der Waals surface area contributed by atoms with E-state index in [9.17, 15) is 19.0 Å². The maximum Gasteiger partial charge on any atom is 0.472 e. The Balaban J connectivity index is 2.30. The predicted octanol–water partition coefficient (Wildman–Crippen LogP) is 14.1. The van der Waals surface area contributed by atoms with Crippen LogP contribution in [0.5, 0.6) is 0 Å². The third-order valence-electron chi connectivity index (χ3n) is 10.0. The Morgan fingerprint density at radius 2 is 0.982 bits per heavy atom. The maximum atomic E-state index is 12.7. The number of hydrogen-bond acceptors (Lipinski definition) is 7. The van der Waals surface area contributed by atoms with Crippen molar-refractivity contribution in [1.82, 2.24) is 0 Å². The standard InChI is InChI=1S/C46H81O8P/c1-3-5-7-9-11-13-15-17-19-21-23-25-27-29-34-38-45(47)51-41-44(42-53-55(49,50)52-40-43-36-32-31-33-37-43)54-46(48)39-35-30-28-26-24-22-20-18-16-14-12-10-8-6-4-2/h18,20,31-33,36-37,44H,3-17,19,21-30,34-35,38-42H2,1-2H3,(H,49,50)/b20-18-/t44-/m1/s1. The first-order valence-corrected chi connectivity index (χ1v) is 24.0. The molecule has 55 heavy (non-hydrogen) atoms. The highest BCUT2D eigenvalue weighted by atomic mass is 31.2. The number of rotatable bonds is 40. The molecule has 0 aromatic heterocycles. The fourth-order valence-corrected chi connectivity index (χ4v) is 7.29. The summed E-state index contributed by atoms with van der Waals surface area (Å²) in [6, 6.07) is 9.01. The molecule has 0 heterocycles. The molecule has 1 rings (SSSR count). The van der Waals surface area contributed by atoms with Crippen LogP contribution >= 0.6 is 7.82 Å². The van der Waals surface area contributed by atoms with E-state index in [1.807, 2.05) is 6.07 Å². The number of esters is 2. The summed E-state index contributed by atoms with van der Waals surface area (Å²) in [5, 5.41) is 0. The van der Waals surface area contributed by atoms with Crippen molar-refractivity contribution in [2.24, 2.45) is 0 Å². The van der Waals surface area contributed by atoms with Crippen LogP contribution in [-0.2, 0) is 39.3 Å². The molecule has 8 nitrogen and oxygen atoms in total. The second kappa shape index (κ2) is 37.6. The highest BCUT2D eigenvalue weighted by Crippen LogP contribution is 2.44. The summed E-state index contributed by atoms with van der Waals surface area (Å²) in [5.74, 6) is -0.817. The van der Waals surface area contributed by atoms with Gasteiger partial charge in [0, 0.05) is 12.8 Å². The van der Waals surface area contributed by atoms with E-state index in [1.54, 1.807) is 24.3 Å². The van der Waals surface area contributed by atoms with Gasteiger partial charge in [0.2, 0.25) is 0 Å². The molecule has 318 valence electrons. The minimum atomic E-state index is -4.44. The van der Waals surface area contributed by atoms with Crippen molar-refractivity contribution in [2.75, 3.05) is 13.2 Å². The molecule has 0 aliphatic heterocycles. The van der Waals surface area contributed by atoms with Gasteiger partial charge in [-0.25, -0.2) is 4.57 Å². The molecule has 2 atom stereocenters. The molecule has 0 bridgehead atoms. The van der Waals surface area contributed by atoms with Gasteiger partial charge in [0.25, 0.3) is 0 Å². The average molecular weight is 793 g/mol. The first kappa shape index (κ1) is 51.0. The normalized spacial score (nSPS) is 13.2. The molecule has 1 aromatic carbocycles. The molecule has 1 N–H and O–H groups in total. The van der Waals surface area contributed by atoms with Crippen LogP contribution in [0.15, 0.2) is 42.5 Å². The second-order valence-electron chi connectivity index (χ2n) is 15.4. The predicted molar refractivity (Wildman–Crippen MR) is 227 cm³/mol. The molecule has 1 unspecified atom stereocenters. The van der Waals surface area contributed by atoms with Gasteiger partial charge in [-0.1, -0.05) is 198 Å². The molecule has 1 aromatic rings. The Bertz CT molecular complexity index is 1090. The van der Waals surface area contributed by atoms with Crippen LogP contribution in [-0.4, -0.2) is 36.1 Å². The maximum absolute atomic E-state index is 12.7. The van der Waals surface area contributed by atoms with Crippen LogP contribution in [0.1, 0.15) is 212 Å². The van der Waals surface area contributed by atoms with Crippen LogP contribution in [0.25, 0.3) is 0 Å². The number of allylic oxidation sites excluding steroid dienone is 2. The van der Waals surface area contributed by atoms with E-state index in [2.05, 4.69) is 26.0 Å². The summed E-state index contributed by atoms with van der Waals surface area (Å²) in [7, 11) is -4.44. The fourth-order valence-electron chi connectivity index (χ4n) is 6.54. The lowest BCUT2D eigenvalue weighted by atomic mass is 10.0. The van der Waals surface area contributed by atoms with E-state index in [4.69, 9.17) is 18.5 Å². The van der Waals surface area contributed by atoms with E-state index in [-0.39, 0.29) is 32.0 Å². The smallest absolute Gasteiger partial charge is 0.462 e. The van der Waals surface area contributed by atoms with Crippen molar-refractivity contribution < 1.29 is 37.6 Å². The topological polar surface area (TPSA) is 108 Å². The van der Waals surface area contributed by atoms with Gasteiger partial charge in [-0.2, -0.15) is 0 Å². The van der Waals surface area contributed by atoms with E-state index < -0.39 is 26.5 Å². The van der Waals surface area contributed by atoms with Gasteiger partial charge in [0.1, 0.15) is 6.61 Å². The number of phosphoric ester groups is 1. The molecule has 0 spiro atoms. The number of hydrogen-bond donors (Lipinski definition) is 1. The second-order valence-corrected chi connectivity index (χ2v) is 16.8. The quantitative estimate of drug-likeness (QED) is 0.0303. The largest absolute Gasteiger partial charge is 0.472 e. The van der Waals surface area contributed by atoms with E-state index in [1.165, 1.54) is 122 Å². The van der Waals surface area contributed by atoms with E-state index >= 15 is 0 Å². The minimum absolute atomic E-state index is 0.108. The number of phosphoric acid groups is 1. The molecular formula is C46H81O8P. The third-order valence-corrected chi connectivity index (χ3v) is 10.9. The van der Waals surface area contributed by atoms with Gasteiger partial charge in [-0.3, -0.25) is 18.6 Å². The summed E-state index contributed by atoms with van der Waals surface area (Å²) in [4.78, 5) is 35.5. The highest BCUT2D eigenvalue weighted by molar-refractivity contribution is 7.47. The van der Waals surface area contributed by atoms with Gasteiger partial charge in [-0.05, 0) is 44.1 Å². The van der Waals surface area contributed by atoms with E-state index in [0.717, 1.165) is 56.9 Å². The van der Waals surface area contributed by atoms with Crippen LogP contribution in [0.2, 0.25) is 0 Å².